The molecule has 0 radical (unpaired) electrons. The summed E-state index contributed by atoms with van der Waals surface area (Å²) in [5.74, 6) is 0.343. The second kappa shape index (κ2) is 29.4. The zero-order chi connectivity index (χ0) is 32.1. The van der Waals surface area contributed by atoms with Gasteiger partial charge in [-0.05, 0) is 119 Å². The molecule has 0 aliphatic rings. The van der Waals surface area contributed by atoms with Crippen molar-refractivity contribution in [2.45, 2.75) is 118 Å². The summed E-state index contributed by atoms with van der Waals surface area (Å²) in [7, 11) is 0. The second-order valence-corrected chi connectivity index (χ2v) is 16.2. The summed E-state index contributed by atoms with van der Waals surface area (Å²) in [6, 6.07) is 6.01. The van der Waals surface area contributed by atoms with E-state index in [1.165, 1.54) is 10.2 Å². The Hall–Kier alpha value is 1.21. The SMILES string of the molecule is Brc1csc(Br)c1.C.CCC(=O)CC.CCC(O)(CC)c1cc(Br)cs1.CCC(O)(CC)c1csc(Br)c1.[CH2-]CCC.[Li+]. The van der Waals surface area contributed by atoms with Gasteiger partial charge in [-0.2, -0.15) is 6.42 Å². The molecular formula is C32H51Br4LiO3S3. The minimum atomic E-state index is -0.622. The van der Waals surface area contributed by atoms with Gasteiger partial charge in [0.2, 0.25) is 0 Å². The summed E-state index contributed by atoms with van der Waals surface area (Å²) in [5.41, 5.74) is -0.205. The van der Waals surface area contributed by atoms with Crippen LogP contribution in [0.4, 0.5) is 0 Å². The number of carbonyl (C=O) groups is 1. The number of carbonyl (C=O) groups excluding carboxylic acids is 1. The molecule has 0 bridgehead atoms. The van der Waals surface area contributed by atoms with E-state index >= 15 is 0 Å². The number of hydrogen-bond acceptors (Lipinski definition) is 6. The molecule has 244 valence electrons. The number of unbranched alkanes of at least 4 members (excludes halogenated alkanes) is 1. The van der Waals surface area contributed by atoms with Crippen molar-refractivity contribution in [1.82, 2.24) is 0 Å². The Balaban J connectivity index is -0.000000230. The van der Waals surface area contributed by atoms with Gasteiger partial charge in [0, 0.05) is 37.4 Å². The monoisotopic (exact) mass is 902 g/mol. The molecule has 2 N–H and O–H groups in total. The Labute approximate surface area is 320 Å². The van der Waals surface area contributed by atoms with E-state index in [1.807, 2.05) is 75.9 Å². The first-order chi connectivity index (χ1) is 19.3. The van der Waals surface area contributed by atoms with E-state index in [4.69, 9.17) is 0 Å². The molecule has 43 heavy (non-hydrogen) atoms. The molecule has 0 aromatic carbocycles. The van der Waals surface area contributed by atoms with E-state index in [0.717, 1.165) is 55.3 Å². The van der Waals surface area contributed by atoms with Crippen molar-refractivity contribution >= 4 is 104 Å². The average molecular weight is 907 g/mol. The first-order valence-electron chi connectivity index (χ1n) is 13.9. The van der Waals surface area contributed by atoms with Crippen LogP contribution >= 0.6 is 97.7 Å². The standard InChI is InChI=1S/2C9H13BrOS.C5H10O.C4H2Br2S.C4H9.CH4.Li/c1-3-9(11,4-2)8-5-7(10)6-12-8;1-3-9(11,4-2)7-5-8(10)12-6-7;1-3-5(6)4-2;5-3-1-4(6)7-2-3;1-3-4-2;;/h2*5-6,11H,3-4H2,1-2H3;3-4H2,1-2H3;1-2H;1,3-4H2,2H3;1H4;/q;;;;-1;;+1. The van der Waals surface area contributed by atoms with Gasteiger partial charge < -0.3 is 17.1 Å². The van der Waals surface area contributed by atoms with Crippen molar-refractivity contribution in [1.29, 1.82) is 0 Å². The largest absolute Gasteiger partial charge is 1.00 e. The Morgan fingerprint density at radius 2 is 1.12 bits per heavy atom. The molecule has 0 spiro atoms. The molecular weight excluding hydrogens is 855 g/mol. The summed E-state index contributed by atoms with van der Waals surface area (Å²) in [5, 5.41) is 26.3. The Morgan fingerprint density at radius 3 is 1.33 bits per heavy atom. The van der Waals surface area contributed by atoms with E-state index < -0.39 is 11.2 Å². The van der Waals surface area contributed by atoms with Gasteiger partial charge in [0.05, 0.1) is 18.8 Å². The topological polar surface area (TPSA) is 57.5 Å². The summed E-state index contributed by atoms with van der Waals surface area (Å²) < 4.78 is 4.45. The fraction of sp³-hybridized carbons (Fsp3) is 0.562. The molecule has 3 nitrogen and oxygen atoms in total. The Bertz CT molecular complexity index is 983. The van der Waals surface area contributed by atoms with E-state index in [0.29, 0.717) is 18.6 Å². The summed E-state index contributed by atoms with van der Waals surface area (Å²) in [6.07, 6.45) is 6.75. The predicted octanol–water partition coefficient (Wildman–Crippen LogP) is 10.9. The Kier molecular flexibility index (Phi) is 34.8. The Morgan fingerprint density at radius 1 is 0.721 bits per heavy atom. The maximum absolute atomic E-state index is 10.2. The quantitative estimate of drug-likeness (QED) is 0.166. The maximum Gasteiger partial charge on any atom is 1.00 e. The number of Topliss-reactive ketones (excluding diaryl/α,β-unsaturated/α-hetero) is 1. The number of rotatable bonds is 9. The zero-order valence-electron chi connectivity index (χ0n) is 26.4. The van der Waals surface area contributed by atoms with E-state index in [-0.39, 0.29) is 26.3 Å². The molecule has 11 heteroatoms. The zero-order valence-corrected chi connectivity index (χ0v) is 35.2. The summed E-state index contributed by atoms with van der Waals surface area (Å²) in [6.45, 7) is 17.5. The van der Waals surface area contributed by atoms with E-state index in [2.05, 4.69) is 77.6 Å². The first kappa shape index (κ1) is 51.1. The maximum atomic E-state index is 10.2. The van der Waals surface area contributed by atoms with Crippen molar-refractivity contribution in [3.05, 3.63) is 68.2 Å². The van der Waals surface area contributed by atoms with Crippen LogP contribution in [0, 0.1) is 6.92 Å². The normalized spacial score (nSPS) is 10.1. The van der Waals surface area contributed by atoms with Crippen molar-refractivity contribution < 1.29 is 33.9 Å². The molecule has 0 unspecified atom stereocenters. The summed E-state index contributed by atoms with van der Waals surface area (Å²) >= 11 is 18.3. The molecule has 3 heterocycles. The van der Waals surface area contributed by atoms with Crippen molar-refractivity contribution in [2.24, 2.45) is 0 Å². The number of aliphatic hydroxyl groups is 2. The molecule has 0 saturated carbocycles. The third-order valence-corrected chi connectivity index (χ3v) is 11.8. The van der Waals surface area contributed by atoms with E-state index in [9.17, 15) is 15.0 Å². The van der Waals surface area contributed by atoms with Gasteiger partial charge in [-0.25, -0.2) is 0 Å². The van der Waals surface area contributed by atoms with Gasteiger partial charge in [-0.1, -0.05) is 62.3 Å². The van der Waals surface area contributed by atoms with E-state index in [1.54, 1.807) is 34.0 Å². The van der Waals surface area contributed by atoms with Gasteiger partial charge in [0.15, 0.2) is 0 Å². The molecule has 0 aliphatic heterocycles. The third kappa shape index (κ3) is 22.4. The van der Waals surface area contributed by atoms with Gasteiger partial charge in [-0.15, -0.1) is 34.0 Å². The minimum absolute atomic E-state index is 0. The van der Waals surface area contributed by atoms with Crippen LogP contribution < -0.4 is 18.9 Å². The molecule has 3 rings (SSSR count). The molecule has 0 amide bonds. The minimum Gasteiger partial charge on any atom is -0.385 e. The fourth-order valence-electron chi connectivity index (χ4n) is 2.91. The van der Waals surface area contributed by atoms with Gasteiger partial charge in [0.1, 0.15) is 5.78 Å². The van der Waals surface area contributed by atoms with Crippen LogP contribution in [0.2, 0.25) is 0 Å². The summed E-state index contributed by atoms with van der Waals surface area (Å²) in [4.78, 5) is 11.2. The van der Waals surface area contributed by atoms with Gasteiger partial charge in [-0.3, -0.25) is 4.79 Å². The number of ketones is 1. The third-order valence-electron chi connectivity index (χ3n) is 6.15. The second-order valence-electron chi connectivity index (χ2n) is 8.91. The fourth-order valence-corrected chi connectivity index (χ4v) is 7.81. The van der Waals surface area contributed by atoms with Crippen molar-refractivity contribution in [3.8, 4) is 0 Å². The number of thiophene rings is 3. The van der Waals surface area contributed by atoms with Crippen LogP contribution in [-0.4, -0.2) is 16.0 Å². The van der Waals surface area contributed by atoms with Crippen LogP contribution in [0.25, 0.3) is 0 Å². The molecule has 0 saturated heterocycles. The van der Waals surface area contributed by atoms with Crippen molar-refractivity contribution in [2.75, 3.05) is 0 Å². The van der Waals surface area contributed by atoms with Crippen LogP contribution in [0.15, 0.2) is 50.9 Å². The molecule has 0 aliphatic carbocycles. The molecule has 3 aromatic heterocycles. The molecule has 3 aromatic rings. The van der Waals surface area contributed by atoms with Crippen molar-refractivity contribution in [3.63, 3.8) is 0 Å². The first-order valence-corrected chi connectivity index (χ1v) is 19.7. The van der Waals surface area contributed by atoms with Crippen LogP contribution in [0.3, 0.4) is 0 Å². The molecule has 0 fully saturated rings. The van der Waals surface area contributed by atoms with Crippen LogP contribution in [0.1, 0.15) is 118 Å². The predicted molar refractivity (Wildman–Crippen MR) is 205 cm³/mol. The van der Waals surface area contributed by atoms with Gasteiger partial charge >= 0.3 is 18.9 Å². The smallest absolute Gasteiger partial charge is 0.385 e. The number of halogens is 4. The van der Waals surface area contributed by atoms with Crippen LogP contribution in [-0.2, 0) is 16.0 Å². The average Bonchev–Trinajstić information content (AvgIpc) is 3.74. The number of hydrogen-bond donors (Lipinski definition) is 2. The molecule has 0 atom stereocenters. The van der Waals surface area contributed by atoms with Gasteiger partial charge in [0.25, 0.3) is 0 Å². The van der Waals surface area contributed by atoms with Crippen LogP contribution in [0.5, 0.6) is 0 Å².